The number of aromatic carboxylic acids is 1. The molecule has 0 saturated carbocycles. The third kappa shape index (κ3) is 4.77. The van der Waals surface area contributed by atoms with Crippen LogP contribution in [0.15, 0.2) is 47.8 Å². The van der Waals surface area contributed by atoms with Crippen molar-refractivity contribution in [2.75, 3.05) is 5.32 Å². The maximum atomic E-state index is 14.5. The predicted molar refractivity (Wildman–Crippen MR) is 102 cm³/mol. The molecule has 2 aromatic carbocycles. The number of hydrogen-bond acceptors (Lipinski definition) is 4. The topological polar surface area (TPSA) is 75.6 Å². The van der Waals surface area contributed by atoms with Crippen LogP contribution in [0.1, 0.15) is 27.0 Å². The highest BCUT2D eigenvalue weighted by atomic mass is 32.1. The largest absolute Gasteiger partial charge is 0.477 e. The molecule has 0 radical (unpaired) electrons. The molecule has 30 heavy (non-hydrogen) atoms. The number of carbonyl (C=O) groups excluding carboxylic acids is 1. The highest BCUT2D eigenvalue weighted by molar-refractivity contribution is 7.12. The zero-order chi connectivity index (χ0) is 22.1. The molecule has 0 aliphatic carbocycles. The van der Waals surface area contributed by atoms with Gasteiger partial charge < -0.3 is 15.2 Å². The van der Waals surface area contributed by atoms with Gasteiger partial charge in [0.15, 0.2) is 0 Å². The van der Waals surface area contributed by atoms with Gasteiger partial charge in [-0.3, -0.25) is 4.79 Å². The van der Waals surface area contributed by atoms with Gasteiger partial charge in [0, 0.05) is 6.92 Å². The molecule has 0 aliphatic rings. The summed E-state index contributed by atoms with van der Waals surface area (Å²) in [5, 5.41) is 12.5. The summed E-state index contributed by atoms with van der Waals surface area (Å²) >= 11 is 0.797. The van der Waals surface area contributed by atoms with E-state index in [1.807, 2.05) is 5.32 Å². The minimum atomic E-state index is -3.43. The van der Waals surface area contributed by atoms with Crippen LogP contribution in [0.5, 0.6) is 5.75 Å². The summed E-state index contributed by atoms with van der Waals surface area (Å²) in [5.74, 6) is -4.78. The summed E-state index contributed by atoms with van der Waals surface area (Å²) in [5.41, 5.74) is -0.771. The Bertz CT molecular complexity index is 1100. The Morgan fingerprint density at radius 2 is 1.73 bits per heavy atom. The molecule has 0 atom stereocenters. The van der Waals surface area contributed by atoms with Crippen molar-refractivity contribution in [3.8, 4) is 16.9 Å². The Morgan fingerprint density at radius 1 is 1.07 bits per heavy atom. The van der Waals surface area contributed by atoms with Gasteiger partial charge in [0.25, 0.3) is 5.91 Å². The summed E-state index contributed by atoms with van der Waals surface area (Å²) in [6.07, 6.45) is -3.43. The van der Waals surface area contributed by atoms with E-state index >= 15 is 0 Å². The fourth-order valence-corrected chi connectivity index (χ4v) is 3.37. The van der Waals surface area contributed by atoms with E-state index < -0.39 is 35.3 Å². The lowest BCUT2D eigenvalue weighted by Crippen LogP contribution is -2.19. The molecule has 156 valence electrons. The molecule has 0 fully saturated rings. The van der Waals surface area contributed by atoms with Crippen molar-refractivity contribution in [2.45, 2.75) is 13.0 Å². The Morgan fingerprint density at radius 3 is 2.33 bits per heavy atom. The molecule has 0 spiro atoms. The lowest BCUT2D eigenvalue weighted by atomic mass is 10.0. The number of amides is 1. The number of carbonyl (C=O) groups is 2. The fourth-order valence-electron chi connectivity index (χ4n) is 2.64. The van der Waals surface area contributed by atoms with E-state index in [1.165, 1.54) is 35.7 Å². The van der Waals surface area contributed by atoms with Gasteiger partial charge >= 0.3 is 12.1 Å². The number of carboxylic acid groups (broad SMARTS) is 1. The van der Waals surface area contributed by atoms with Crippen LogP contribution in [0.3, 0.4) is 0 Å². The van der Waals surface area contributed by atoms with Gasteiger partial charge in [0.05, 0.1) is 5.56 Å². The summed E-state index contributed by atoms with van der Waals surface area (Å²) in [7, 11) is 0. The van der Waals surface area contributed by atoms with E-state index in [1.54, 1.807) is 0 Å². The molecule has 0 aliphatic heterocycles. The Labute approximate surface area is 171 Å². The number of hydrogen-bond donors (Lipinski definition) is 2. The van der Waals surface area contributed by atoms with Crippen LogP contribution in [-0.2, 0) is 0 Å². The zero-order valence-corrected chi connectivity index (χ0v) is 16.0. The second-order valence-corrected chi connectivity index (χ2v) is 7.09. The SMILES string of the molecule is CC(F)(F)Oc1cccc(-c2cc(F)c(NC(=O)c3ccsc3C(=O)O)c(F)c2)c1. The lowest BCUT2D eigenvalue weighted by molar-refractivity contribution is -0.158. The van der Waals surface area contributed by atoms with Crippen molar-refractivity contribution in [3.63, 3.8) is 0 Å². The highest BCUT2D eigenvalue weighted by Gasteiger charge is 2.24. The molecular formula is C20H13F4NO4S. The molecule has 5 nitrogen and oxygen atoms in total. The first kappa shape index (κ1) is 21.3. The van der Waals surface area contributed by atoms with Crippen molar-refractivity contribution in [2.24, 2.45) is 0 Å². The predicted octanol–water partition coefficient (Wildman–Crippen LogP) is 5.64. The number of carboxylic acids is 1. The number of rotatable bonds is 6. The van der Waals surface area contributed by atoms with Crippen molar-refractivity contribution in [1.29, 1.82) is 0 Å². The van der Waals surface area contributed by atoms with Crippen LogP contribution in [0, 0.1) is 11.6 Å². The molecule has 0 saturated heterocycles. The summed E-state index contributed by atoms with van der Waals surface area (Å²) in [4.78, 5) is 23.1. The normalized spacial score (nSPS) is 11.2. The molecule has 3 rings (SSSR count). The first-order chi connectivity index (χ1) is 14.0. The third-order valence-electron chi connectivity index (χ3n) is 3.85. The summed E-state index contributed by atoms with van der Waals surface area (Å²) in [6, 6.07) is 8.32. The van der Waals surface area contributed by atoms with Crippen LogP contribution in [0.2, 0.25) is 0 Å². The Hall–Kier alpha value is -3.40. The van der Waals surface area contributed by atoms with Crippen LogP contribution in [-0.4, -0.2) is 23.1 Å². The quantitative estimate of drug-likeness (QED) is 0.488. The monoisotopic (exact) mass is 439 g/mol. The molecule has 1 amide bonds. The zero-order valence-electron chi connectivity index (χ0n) is 15.2. The van der Waals surface area contributed by atoms with Gasteiger partial charge in [-0.15, -0.1) is 11.3 Å². The molecule has 0 unspecified atom stereocenters. The van der Waals surface area contributed by atoms with Gasteiger partial charge in [-0.25, -0.2) is 13.6 Å². The first-order valence-corrected chi connectivity index (χ1v) is 9.21. The number of ether oxygens (including phenoxy) is 1. The maximum absolute atomic E-state index is 14.5. The molecule has 10 heteroatoms. The minimum Gasteiger partial charge on any atom is -0.477 e. The van der Waals surface area contributed by atoms with E-state index in [4.69, 9.17) is 5.11 Å². The number of benzene rings is 2. The number of nitrogens with one attached hydrogen (secondary N) is 1. The number of alkyl halides is 2. The average Bonchev–Trinajstić information content (AvgIpc) is 3.13. The molecule has 0 bridgehead atoms. The minimum absolute atomic E-state index is 0.0228. The van der Waals surface area contributed by atoms with Gasteiger partial charge in [-0.05, 0) is 46.8 Å². The summed E-state index contributed by atoms with van der Waals surface area (Å²) < 4.78 is 59.5. The number of thiophene rings is 1. The van der Waals surface area contributed by atoms with Gasteiger partial charge in [-0.2, -0.15) is 8.78 Å². The number of anilines is 1. The van der Waals surface area contributed by atoms with Crippen LogP contribution >= 0.6 is 11.3 Å². The molecule has 3 aromatic rings. The average molecular weight is 439 g/mol. The molecular weight excluding hydrogens is 426 g/mol. The van der Waals surface area contributed by atoms with Crippen molar-refractivity contribution in [1.82, 2.24) is 0 Å². The molecule has 1 heterocycles. The van der Waals surface area contributed by atoms with Gasteiger partial charge in [0.2, 0.25) is 0 Å². The standard InChI is InChI=1S/C20H13F4NO4S/c1-20(23,24)29-12-4-2-3-10(7-12)11-8-14(21)16(15(22)9-11)25-18(26)13-5-6-30-17(13)19(27)28/h2-9H,1H3,(H,25,26)(H,27,28). The smallest absolute Gasteiger partial charge is 0.394 e. The highest BCUT2D eigenvalue weighted by Crippen LogP contribution is 2.31. The first-order valence-electron chi connectivity index (χ1n) is 8.33. The van der Waals surface area contributed by atoms with E-state index in [9.17, 15) is 27.2 Å². The maximum Gasteiger partial charge on any atom is 0.394 e. The van der Waals surface area contributed by atoms with Crippen LogP contribution < -0.4 is 10.1 Å². The van der Waals surface area contributed by atoms with E-state index in [0.717, 1.165) is 23.5 Å². The van der Waals surface area contributed by atoms with Crippen molar-refractivity contribution in [3.05, 3.63) is 69.9 Å². The Balaban J connectivity index is 1.89. The lowest BCUT2D eigenvalue weighted by Gasteiger charge is -2.14. The molecule has 1 aromatic heterocycles. The van der Waals surface area contributed by atoms with E-state index in [-0.39, 0.29) is 27.3 Å². The second kappa shape index (κ2) is 8.15. The van der Waals surface area contributed by atoms with Crippen molar-refractivity contribution < 1.29 is 37.0 Å². The van der Waals surface area contributed by atoms with Gasteiger partial charge in [0.1, 0.15) is 27.9 Å². The second-order valence-electron chi connectivity index (χ2n) is 6.18. The van der Waals surface area contributed by atoms with E-state index in [2.05, 4.69) is 4.74 Å². The van der Waals surface area contributed by atoms with E-state index in [0.29, 0.717) is 6.92 Å². The number of halogens is 4. The van der Waals surface area contributed by atoms with Gasteiger partial charge in [-0.1, -0.05) is 12.1 Å². The molecule has 2 N–H and O–H groups in total. The van der Waals surface area contributed by atoms with Crippen LogP contribution in [0.25, 0.3) is 11.1 Å². The van der Waals surface area contributed by atoms with Crippen LogP contribution in [0.4, 0.5) is 23.2 Å². The summed E-state index contributed by atoms with van der Waals surface area (Å²) in [6.45, 7) is 0.555. The fraction of sp³-hybridized carbons (Fsp3) is 0.100. The van der Waals surface area contributed by atoms with Crippen molar-refractivity contribution >= 4 is 28.9 Å². The third-order valence-corrected chi connectivity index (χ3v) is 4.75. The Kier molecular flexibility index (Phi) is 5.79.